The molecule has 0 unspecified atom stereocenters. The van der Waals surface area contributed by atoms with Crippen molar-refractivity contribution in [2.75, 3.05) is 13.2 Å². The van der Waals surface area contributed by atoms with Gasteiger partial charge in [-0.25, -0.2) is 0 Å². The van der Waals surface area contributed by atoms with Gasteiger partial charge < -0.3 is 14.2 Å². The van der Waals surface area contributed by atoms with E-state index in [-0.39, 0.29) is 31.1 Å². The predicted molar refractivity (Wildman–Crippen MR) is 325 cm³/mol. The first-order chi connectivity index (χ1) is 37.0. The zero-order valence-corrected chi connectivity index (χ0v) is 50.1. The van der Waals surface area contributed by atoms with E-state index in [0.29, 0.717) is 19.3 Å². The van der Waals surface area contributed by atoms with Gasteiger partial charge in [-0.15, -0.1) is 0 Å². The lowest BCUT2D eigenvalue weighted by Crippen LogP contribution is -2.30. The second-order valence-corrected chi connectivity index (χ2v) is 22.0. The van der Waals surface area contributed by atoms with E-state index in [1.54, 1.807) is 0 Å². The van der Waals surface area contributed by atoms with Gasteiger partial charge in [0, 0.05) is 19.3 Å². The standard InChI is InChI=1S/C69H124O6/c1-4-7-10-13-16-19-22-25-28-31-34-37-40-43-46-49-52-55-58-61-67(70)73-64-66(75-69(72)63-60-57-54-51-48-45-42-39-36-33-30-27-24-21-18-15-12-9-6-3)65-74-68(71)62-59-56-53-50-47-44-41-38-35-32-29-26-23-20-17-14-11-8-5-2/h7,10,16,19,25,28,34,37,43,46,66H,4-6,8-9,11-15,17-18,20-24,26-27,29-33,35-36,38-42,44-45,47-65H2,1-3H3/b10-7-,19-16-,28-25-,37-34-,46-43-/t66-/m0/s1. The number of hydrogen-bond donors (Lipinski definition) is 0. The molecule has 0 amide bonds. The van der Waals surface area contributed by atoms with E-state index >= 15 is 0 Å². The molecule has 0 bridgehead atoms. The molecule has 436 valence electrons. The maximum Gasteiger partial charge on any atom is 0.306 e. The summed E-state index contributed by atoms with van der Waals surface area (Å²) >= 11 is 0. The summed E-state index contributed by atoms with van der Waals surface area (Å²) in [5.41, 5.74) is 0. The molecule has 0 heterocycles. The number of rotatable bonds is 60. The van der Waals surface area contributed by atoms with Crippen molar-refractivity contribution in [1.82, 2.24) is 0 Å². The van der Waals surface area contributed by atoms with Crippen LogP contribution >= 0.6 is 0 Å². The SMILES string of the molecule is CC/C=C\C/C=C\C/C=C\C/C=C\C/C=C\CCCCCC(=O)OC[C@@H](COC(=O)CCCCCCCCCCCCCCCCCCCCC)OC(=O)CCCCCCCCCCCCCCCCCCCCC. The summed E-state index contributed by atoms with van der Waals surface area (Å²) in [5, 5.41) is 0. The molecule has 6 heteroatoms. The molecule has 1 atom stereocenters. The van der Waals surface area contributed by atoms with E-state index in [1.165, 1.54) is 205 Å². The molecule has 0 aliphatic heterocycles. The summed E-state index contributed by atoms with van der Waals surface area (Å²) < 4.78 is 16.9. The van der Waals surface area contributed by atoms with Gasteiger partial charge in [0.05, 0.1) is 0 Å². The van der Waals surface area contributed by atoms with Crippen molar-refractivity contribution in [2.45, 2.75) is 348 Å². The molecule has 0 saturated heterocycles. The number of allylic oxidation sites excluding steroid dienone is 10. The lowest BCUT2D eigenvalue weighted by molar-refractivity contribution is -0.167. The molecule has 0 radical (unpaired) electrons. The van der Waals surface area contributed by atoms with Crippen LogP contribution in [0.1, 0.15) is 342 Å². The van der Waals surface area contributed by atoms with Crippen LogP contribution in [0.2, 0.25) is 0 Å². The van der Waals surface area contributed by atoms with Crippen LogP contribution in [-0.2, 0) is 28.6 Å². The number of esters is 3. The molecule has 75 heavy (non-hydrogen) atoms. The van der Waals surface area contributed by atoms with Crippen LogP contribution < -0.4 is 0 Å². The van der Waals surface area contributed by atoms with Gasteiger partial charge in [0.1, 0.15) is 13.2 Å². The Balaban J connectivity index is 4.38. The van der Waals surface area contributed by atoms with Crippen molar-refractivity contribution in [2.24, 2.45) is 0 Å². The fourth-order valence-corrected chi connectivity index (χ4v) is 9.65. The Bertz CT molecular complexity index is 1340. The highest BCUT2D eigenvalue weighted by atomic mass is 16.6. The van der Waals surface area contributed by atoms with E-state index in [9.17, 15) is 14.4 Å². The molecule has 0 saturated carbocycles. The van der Waals surface area contributed by atoms with Crippen molar-refractivity contribution in [3.05, 3.63) is 60.8 Å². The van der Waals surface area contributed by atoms with Crippen LogP contribution in [0.15, 0.2) is 60.8 Å². The normalized spacial score (nSPS) is 12.4. The summed E-state index contributed by atoms with van der Waals surface area (Å²) in [4.78, 5) is 38.4. The molecule has 0 aliphatic rings. The van der Waals surface area contributed by atoms with Crippen LogP contribution in [0.4, 0.5) is 0 Å². The highest BCUT2D eigenvalue weighted by Crippen LogP contribution is 2.18. The van der Waals surface area contributed by atoms with Crippen LogP contribution in [-0.4, -0.2) is 37.2 Å². The van der Waals surface area contributed by atoms with E-state index < -0.39 is 6.10 Å². The Hall–Kier alpha value is -2.89. The van der Waals surface area contributed by atoms with Gasteiger partial charge in [0.2, 0.25) is 0 Å². The summed E-state index contributed by atoms with van der Waals surface area (Å²) in [6.45, 7) is 6.56. The average molecular weight is 1050 g/mol. The minimum Gasteiger partial charge on any atom is -0.462 e. The molecule has 0 rings (SSSR count). The van der Waals surface area contributed by atoms with E-state index in [4.69, 9.17) is 14.2 Å². The number of hydrogen-bond acceptors (Lipinski definition) is 6. The zero-order valence-electron chi connectivity index (χ0n) is 50.1. The van der Waals surface area contributed by atoms with Crippen LogP contribution in [0.5, 0.6) is 0 Å². The molecule has 0 N–H and O–H groups in total. The smallest absolute Gasteiger partial charge is 0.306 e. The first kappa shape index (κ1) is 72.1. The summed E-state index contributed by atoms with van der Waals surface area (Å²) in [5.74, 6) is -0.890. The molecule has 0 aromatic rings. The van der Waals surface area contributed by atoms with E-state index in [0.717, 1.165) is 96.3 Å². The Morgan fingerprint density at radius 3 is 0.813 bits per heavy atom. The van der Waals surface area contributed by atoms with Gasteiger partial charge in [-0.3, -0.25) is 14.4 Å². The fourth-order valence-electron chi connectivity index (χ4n) is 9.65. The minimum absolute atomic E-state index is 0.0799. The molecule has 0 aromatic carbocycles. The maximum absolute atomic E-state index is 12.9. The maximum atomic E-state index is 12.9. The first-order valence-corrected chi connectivity index (χ1v) is 32.8. The number of carbonyl (C=O) groups excluding carboxylic acids is 3. The largest absolute Gasteiger partial charge is 0.462 e. The third-order valence-corrected chi connectivity index (χ3v) is 14.5. The lowest BCUT2D eigenvalue weighted by Gasteiger charge is -2.18. The van der Waals surface area contributed by atoms with Crippen molar-refractivity contribution >= 4 is 17.9 Å². The topological polar surface area (TPSA) is 78.9 Å². The number of ether oxygens (including phenoxy) is 3. The Morgan fingerprint density at radius 1 is 0.280 bits per heavy atom. The van der Waals surface area contributed by atoms with Crippen molar-refractivity contribution in [1.29, 1.82) is 0 Å². The molecule has 0 aliphatic carbocycles. The first-order valence-electron chi connectivity index (χ1n) is 32.8. The van der Waals surface area contributed by atoms with Gasteiger partial charge in [-0.1, -0.05) is 319 Å². The van der Waals surface area contributed by atoms with Crippen molar-refractivity contribution in [3.8, 4) is 0 Å². The molecule has 0 fully saturated rings. The van der Waals surface area contributed by atoms with Gasteiger partial charge >= 0.3 is 17.9 Å². The average Bonchev–Trinajstić information content (AvgIpc) is 3.41. The molecule has 0 spiro atoms. The second-order valence-electron chi connectivity index (χ2n) is 22.0. The third-order valence-electron chi connectivity index (χ3n) is 14.5. The molecular weight excluding hydrogens is 925 g/mol. The molecule has 6 nitrogen and oxygen atoms in total. The summed E-state index contributed by atoms with van der Waals surface area (Å²) in [6, 6.07) is 0. The van der Waals surface area contributed by atoms with Crippen LogP contribution in [0, 0.1) is 0 Å². The monoisotopic (exact) mass is 1050 g/mol. The highest BCUT2D eigenvalue weighted by Gasteiger charge is 2.19. The molecule has 0 aromatic heterocycles. The Morgan fingerprint density at radius 2 is 0.520 bits per heavy atom. The summed E-state index contributed by atoms with van der Waals surface area (Å²) in [6.07, 6.45) is 80.9. The number of unbranched alkanes of at least 4 members (excludes halogenated alkanes) is 39. The van der Waals surface area contributed by atoms with E-state index in [1.807, 2.05) is 0 Å². The lowest BCUT2D eigenvalue weighted by atomic mass is 10.0. The minimum atomic E-state index is -0.786. The van der Waals surface area contributed by atoms with Gasteiger partial charge in [0.25, 0.3) is 0 Å². The van der Waals surface area contributed by atoms with Crippen molar-refractivity contribution < 1.29 is 28.6 Å². The Kier molecular flexibility index (Phi) is 61.2. The van der Waals surface area contributed by atoms with E-state index in [2.05, 4.69) is 81.5 Å². The highest BCUT2D eigenvalue weighted by molar-refractivity contribution is 5.71. The molecular formula is C69H124O6. The second kappa shape index (κ2) is 63.6. The van der Waals surface area contributed by atoms with Crippen LogP contribution in [0.3, 0.4) is 0 Å². The zero-order chi connectivity index (χ0) is 54.3. The Labute approximate surface area is 466 Å². The quantitative estimate of drug-likeness (QED) is 0.0261. The van der Waals surface area contributed by atoms with Crippen LogP contribution in [0.25, 0.3) is 0 Å². The van der Waals surface area contributed by atoms with Crippen molar-refractivity contribution in [3.63, 3.8) is 0 Å². The fraction of sp³-hybridized carbons (Fsp3) is 0.812. The predicted octanol–water partition coefficient (Wildman–Crippen LogP) is 22.3. The van der Waals surface area contributed by atoms with Gasteiger partial charge in [-0.2, -0.15) is 0 Å². The summed E-state index contributed by atoms with van der Waals surface area (Å²) in [7, 11) is 0. The third kappa shape index (κ3) is 61.8. The number of carbonyl (C=O) groups is 3. The van der Waals surface area contributed by atoms with Gasteiger partial charge in [-0.05, 0) is 64.2 Å². The van der Waals surface area contributed by atoms with Gasteiger partial charge in [0.15, 0.2) is 6.10 Å².